The highest BCUT2D eigenvalue weighted by molar-refractivity contribution is 5.81. The predicted molar refractivity (Wildman–Crippen MR) is 114 cm³/mol. The molecule has 0 bridgehead atoms. The van der Waals surface area contributed by atoms with Gasteiger partial charge in [-0.15, -0.1) is 0 Å². The second-order valence-corrected chi connectivity index (χ2v) is 7.06. The first-order valence-corrected chi connectivity index (χ1v) is 10.3. The summed E-state index contributed by atoms with van der Waals surface area (Å²) in [6.45, 7) is 9.48. The van der Waals surface area contributed by atoms with Gasteiger partial charge >= 0.3 is 0 Å². The van der Waals surface area contributed by atoms with Crippen molar-refractivity contribution in [2.45, 2.75) is 59.5 Å². The van der Waals surface area contributed by atoms with E-state index in [1.54, 1.807) is 0 Å². The number of carbonyl (C=O) groups excluding carboxylic acids is 1. The molecule has 4 nitrogen and oxygen atoms in total. The molecular formula is C24H33NO3. The average Bonchev–Trinajstić information content (AvgIpc) is 2.71. The van der Waals surface area contributed by atoms with Crippen LogP contribution in [0.1, 0.15) is 49.8 Å². The van der Waals surface area contributed by atoms with E-state index in [2.05, 4.69) is 18.3 Å². The van der Waals surface area contributed by atoms with E-state index in [0.29, 0.717) is 13.0 Å². The van der Waals surface area contributed by atoms with Gasteiger partial charge in [-0.3, -0.25) is 4.79 Å². The van der Waals surface area contributed by atoms with Gasteiger partial charge in [0.05, 0.1) is 6.61 Å². The summed E-state index contributed by atoms with van der Waals surface area (Å²) >= 11 is 0. The zero-order valence-electron chi connectivity index (χ0n) is 17.6. The van der Waals surface area contributed by atoms with Crippen LogP contribution in [0.3, 0.4) is 0 Å². The van der Waals surface area contributed by atoms with E-state index in [1.807, 2.05) is 57.2 Å². The number of ether oxygens (including phenoxy) is 2. The summed E-state index contributed by atoms with van der Waals surface area (Å²) in [7, 11) is 0. The number of benzene rings is 2. The number of nitrogens with one attached hydrogen (secondary N) is 1. The molecule has 0 radical (unpaired) electrons. The second-order valence-electron chi connectivity index (χ2n) is 7.06. The zero-order valence-corrected chi connectivity index (χ0v) is 17.6. The van der Waals surface area contributed by atoms with Crippen molar-refractivity contribution in [3.63, 3.8) is 0 Å². The van der Waals surface area contributed by atoms with Gasteiger partial charge < -0.3 is 14.8 Å². The van der Waals surface area contributed by atoms with Crippen molar-refractivity contribution < 1.29 is 14.3 Å². The lowest BCUT2D eigenvalue weighted by molar-refractivity contribution is -0.128. The van der Waals surface area contributed by atoms with Crippen LogP contribution in [0.4, 0.5) is 0 Å². The molecular weight excluding hydrogens is 350 g/mol. The van der Waals surface area contributed by atoms with Crippen LogP contribution in [0, 0.1) is 13.8 Å². The summed E-state index contributed by atoms with van der Waals surface area (Å²) in [6, 6.07) is 14.0. The van der Waals surface area contributed by atoms with Crippen LogP contribution in [0.15, 0.2) is 42.5 Å². The standard InChI is InChI=1S/C24H33NO3/c1-5-17-27-23-14-8-7-12-20(23)13-10-16-25-24(26)21(6-2)28-22-15-9-11-18(3)19(22)4/h7-9,11-12,14-15,21H,5-6,10,13,16-17H2,1-4H3,(H,25,26)/t21-/m0/s1. The largest absolute Gasteiger partial charge is 0.493 e. The number of hydrogen-bond donors (Lipinski definition) is 1. The summed E-state index contributed by atoms with van der Waals surface area (Å²) in [4.78, 5) is 12.5. The second kappa shape index (κ2) is 11.4. The molecule has 0 fully saturated rings. The van der Waals surface area contributed by atoms with Gasteiger partial charge in [-0.1, -0.05) is 44.2 Å². The Bertz CT molecular complexity index is 757. The first-order valence-electron chi connectivity index (χ1n) is 10.3. The minimum absolute atomic E-state index is 0.0566. The Morgan fingerprint density at radius 1 is 1.04 bits per heavy atom. The molecule has 1 atom stereocenters. The Kier molecular flexibility index (Phi) is 8.86. The van der Waals surface area contributed by atoms with Gasteiger partial charge in [-0.05, 0) is 68.4 Å². The molecule has 152 valence electrons. The Morgan fingerprint density at radius 3 is 2.54 bits per heavy atom. The third-order valence-electron chi connectivity index (χ3n) is 4.84. The molecule has 0 spiro atoms. The smallest absolute Gasteiger partial charge is 0.261 e. The topological polar surface area (TPSA) is 47.6 Å². The summed E-state index contributed by atoms with van der Waals surface area (Å²) in [5.41, 5.74) is 3.43. The molecule has 0 aliphatic heterocycles. The van der Waals surface area contributed by atoms with E-state index in [0.717, 1.165) is 48.5 Å². The van der Waals surface area contributed by atoms with Gasteiger partial charge in [-0.2, -0.15) is 0 Å². The van der Waals surface area contributed by atoms with Crippen LogP contribution in [0.2, 0.25) is 0 Å². The van der Waals surface area contributed by atoms with Crippen molar-refractivity contribution in [3.05, 3.63) is 59.2 Å². The van der Waals surface area contributed by atoms with E-state index in [9.17, 15) is 4.79 Å². The van der Waals surface area contributed by atoms with Gasteiger partial charge in [-0.25, -0.2) is 0 Å². The predicted octanol–water partition coefficient (Wildman–Crippen LogP) is 5.00. The highest BCUT2D eigenvalue weighted by atomic mass is 16.5. The maximum Gasteiger partial charge on any atom is 0.261 e. The fraction of sp³-hybridized carbons (Fsp3) is 0.458. The molecule has 0 heterocycles. The lowest BCUT2D eigenvalue weighted by Crippen LogP contribution is -2.38. The minimum atomic E-state index is -0.472. The number of hydrogen-bond acceptors (Lipinski definition) is 3. The molecule has 0 saturated heterocycles. The lowest BCUT2D eigenvalue weighted by Gasteiger charge is -2.19. The van der Waals surface area contributed by atoms with Crippen molar-refractivity contribution in [2.24, 2.45) is 0 Å². The minimum Gasteiger partial charge on any atom is -0.493 e. The van der Waals surface area contributed by atoms with Gasteiger partial charge in [0.15, 0.2) is 6.10 Å². The molecule has 2 rings (SSSR count). The van der Waals surface area contributed by atoms with Crippen molar-refractivity contribution >= 4 is 5.91 Å². The number of para-hydroxylation sites is 1. The van der Waals surface area contributed by atoms with E-state index >= 15 is 0 Å². The fourth-order valence-corrected chi connectivity index (χ4v) is 2.99. The first kappa shape index (κ1) is 21.8. The number of aryl methyl sites for hydroxylation is 2. The average molecular weight is 384 g/mol. The van der Waals surface area contributed by atoms with Gasteiger partial charge in [0.25, 0.3) is 5.91 Å². The Hall–Kier alpha value is -2.49. The summed E-state index contributed by atoms with van der Waals surface area (Å²) in [5.74, 6) is 1.67. The van der Waals surface area contributed by atoms with Crippen molar-refractivity contribution in [3.8, 4) is 11.5 Å². The number of carbonyl (C=O) groups is 1. The molecule has 1 amide bonds. The molecule has 0 saturated carbocycles. The summed E-state index contributed by atoms with van der Waals surface area (Å²) in [5, 5.41) is 3.02. The van der Waals surface area contributed by atoms with Crippen LogP contribution in [-0.2, 0) is 11.2 Å². The van der Waals surface area contributed by atoms with Crippen molar-refractivity contribution in [2.75, 3.05) is 13.2 Å². The quantitative estimate of drug-likeness (QED) is 0.556. The van der Waals surface area contributed by atoms with E-state index in [-0.39, 0.29) is 5.91 Å². The van der Waals surface area contributed by atoms with Gasteiger partial charge in [0.1, 0.15) is 11.5 Å². The van der Waals surface area contributed by atoms with Gasteiger partial charge in [0.2, 0.25) is 0 Å². The fourth-order valence-electron chi connectivity index (χ4n) is 2.99. The van der Waals surface area contributed by atoms with E-state index in [4.69, 9.17) is 9.47 Å². The van der Waals surface area contributed by atoms with Crippen LogP contribution in [-0.4, -0.2) is 25.2 Å². The van der Waals surface area contributed by atoms with Crippen LogP contribution in [0.25, 0.3) is 0 Å². The Labute approximate surface area is 169 Å². The first-order chi connectivity index (χ1) is 13.6. The van der Waals surface area contributed by atoms with Crippen LogP contribution < -0.4 is 14.8 Å². The maximum absolute atomic E-state index is 12.5. The molecule has 0 aliphatic carbocycles. The maximum atomic E-state index is 12.5. The van der Waals surface area contributed by atoms with Gasteiger partial charge in [0, 0.05) is 6.54 Å². The Morgan fingerprint density at radius 2 is 1.79 bits per heavy atom. The van der Waals surface area contributed by atoms with Crippen LogP contribution in [0.5, 0.6) is 11.5 Å². The zero-order chi connectivity index (χ0) is 20.4. The molecule has 2 aromatic carbocycles. The third kappa shape index (κ3) is 6.29. The Balaban J connectivity index is 1.83. The molecule has 28 heavy (non-hydrogen) atoms. The monoisotopic (exact) mass is 383 g/mol. The molecule has 0 aliphatic rings. The summed E-state index contributed by atoms with van der Waals surface area (Å²) in [6.07, 6.45) is 2.88. The SMILES string of the molecule is CCCOc1ccccc1CCCNC(=O)[C@H](CC)Oc1cccc(C)c1C. The molecule has 0 unspecified atom stereocenters. The molecule has 1 N–H and O–H groups in total. The highest BCUT2D eigenvalue weighted by Gasteiger charge is 2.19. The van der Waals surface area contributed by atoms with Crippen molar-refractivity contribution in [1.82, 2.24) is 5.32 Å². The molecule has 2 aromatic rings. The third-order valence-corrected chi connectivity index (χ3v) is 4.84. The number of amides is 1. The van der Waals surface area contributed by atoms with E-state index in [1.165, 1.54) is 5.56 Å². The molecule has 0 aromatic heterocycles. The number of rotatable bonds is 11. The normalized spacial score (nSPS) is 11.7. The lowest BCUT2D eigenvalue weighted by atomic mass is 10.1. The highest BCUT2D eigenvalue weighted by Crippen LogP contribution is 2.23. The van der Waals surface area contributed by atoms with E-state index < -0.39 is 6.10 Å². The summed E-state index contributed by atoms with van der Waals surface area (Å²) < 4.78 is 11.8. The molecule has 4 heteroatoms. The van der Waals surface area contributed by atoms with Crippen LogP contribution >= 0.6 is 0 Å². The van der Waals surface area contributed by atoms with Crippen molar-refractivity contribution in [1.29, 1.82) is 0 Å².